The van der Waals surface area contributed by atoms with Crippen molar-refractivity contribution in [3.8, 4) is 23.1 Å². The number of nitriles is 1. The largest absolute Gasteiger partial charge is 0.495 e. The molecule has 1 saturated heterocycles. The molecule has 0 unspecified atom stereocenters. The number of pyridine rings is 1. The van der Waals surface area contributed by atoms with Crippen LogP contribution in [0.15, 0.2) is 55.0 Å². The molecule has 0 atom stereocenters. The highest BCUT2D eigenvalue weighted by atomic mass is 16.5. The first-order valence-corrected chi connectivity index (χ1v) is 11.5. The Kier molecular flexibility index (Phi) is 6.02. The molecule has 1 aliphatic heterocycles. The number of nitrogens with zero attached hydrogens (tertiary/aromatic N) is 6. The number of carbonyl (C=O) groups excluding carboxylic acids is 1. The molecule has 4 heterocycles. The molecule has 3 aromatic heterocycles. The number of methoxy groups -OCH3 is 1. The summed E-state index contributed by atoms with van der Waals surface area (Å²) in [6.07, 6.45) is 6.92. The molecule has 0 bridgehead atoms. The number of rotatable bonds is 5. The maximum absolute atomic E-state index is 11.6. The molecule has 1 aliphatic rings. The lowest BCUT2D eigenvalue weighted by atomic mass is 9.89. The normalized spacial score (nSPS) is 14.0. The first-order chi connectivity index (χ1) is 17.1. The minimum Gasteiger partial charge on any atom is -0.495 e. The first-order valence-electron chi connectivity index (χ1n) is 11.5. The van der Waals surface area contributed by atoms with Crippen molar-refractivity contribution < 1.29 is 9.53 Å². The van der Waals surface area contributed by atoms with Crippen LogP contribution in [0.5, 0.6) is 5.75 Å². The second-order valence-electron chi connectivity index (χ2n) is 8.52. The second kappa shape index (κ2) is 9.43. The van der Waals surface area contributed by atoms with Gasteiger partial charge in [0.25, 0.3) is 0 Å². The molecule has 9 heteroatoms. The first kappa shape index (κ1) is 22.3. The molecule has 35 heavy (non-hydrogen) atoms. The van der Waals surface area contributed by atoms with Gasteiger partial charge in [0.2, 0.25) is 11.9 Å². The average molecular weight is 468 g/mol. The zero-order valence-corrected chi connectivity index (χ0v) is 19.6. The van der Waals surface area contributed by atoms with Crippen LogP contribution < -0.4 is 10.1 Å². The zero-order chi connectivity index (χ0) is 24.4. The number of anilines is 2. The minimum atomic E-state index is 0.131. The summed E-state index contributed by atoms with van der Waals surface area (Å²) in [5.74, 6) is 1.55. The van der Waals surface area contributed by atoms with Crippen LogP contribution in [0, 0.1) is 11.3 Å². The number of ether oxygens (including phenoxy) is 1. The molecule has 176 valence electrons. The van der Waals surface area contributed by atoms with Gasteiger partial charge in [0.1, 0.15) is 11.8 Å². The van der Waals surface area contributed by atoms with Crippen molar-refractivity contribution in [2.45, 2.75) is 25.7 Å². The molecule has 0 aliphatic carbocycles. The van der Waals surface area contributed by atoms with Gasteiger partial charge in [0.05, 0.1) is 42.0 Å². The Morgan fingerprint density at radius 2 is 2.03 bits per heavy atom. The maximum Gasteiger partial charge on any atom is 0.227 e. The molecule has 1 amide bonds. The van der Waals surface area contributed by atoms with Crippen molar-refractivity contribution in [2.24, 2.45) is 0 Å². The van der Waals surface area contributed by atoms with Gasteiger partial charge in [0.15, 0.2) is 0 Å². The number of hydrogen-bond donors (Lipinski definition) is 1. The Morgan fingerprint density at radius 3 is 2.77 bits per heavy atom. The van der Waals surface area contributed by atoms with Crippen LogP contribution in [0.3, 0.4) is 0 Å². The quantitative estimate of drug-likeness (QED) is 0.470. The number of piperidine rings is 1. The van der Waals surface area contributed by atoms with Gasteiger partial charge in [-0.1, -0.05) is 12.1 Å². The Morgan fingerprint density at radius 1 is 1.20 bits per heavy atom. The fraction of sp³-hybridized carbons (Fsp3) is 0.269. The van der Waals surface area contributed by atoms with E-state index in [0.29, 0.717) is 28.9 Å². The third-order valence-corrected chi connectivity index (χ3v) is 6.47. The molecular formula is C26H25N7O2. The van der Waals surface area contributed by atoms with Crippen molar-refractivity contribution in [1.82, 2.24) is 24.5 Å². The van der Waals surface area contributed by atoms with E-state index >= 15 is 0 Å². The Hall–Kier alpha value is -4.45. The molecule has 1 aromatic carbocycles. The van der Waals surface area contributed by atoms with Crippen molar-refractivity contribution in [1.29, 1.82) is 5.26 Å². The van der Waals surface area contributed by atoms with Gasteiger partial charge < -0.3 is 15.0 Å². The number of benzene rings is 1. The summed E-state index contributed by atoms with van der Waals surface area (Å²) in [6.45, 7) is 3.16. The minimum absolute atomic E-state index is 0.131. The molecule has 1 N–H and O–H groups in total. The predicted molar refractivity (Wildman–Crippen MR) is 131 cm³/mol. The Bertz CT molecular complexity index is 1430. The molecule has 0 radical (unpaired) electrons. The van der Waals surface area contributed by atoms with Crippen LogP contribution in [-0.4, -0.2) is 50.6 Å². The zero-order valence-electron chi connectivity index (χ0n) is 19.6. The summed E-state index contributed by atoms with van der Waals surface area (Å²) in [7, 11) is 1.63. The van der Waals surface area contributed by atoms with Crippen molar-refractivity contribution in [3.05, 3.63) is 66.1 Å². The van der Waals surface area contributed by atoms with Gasteiger partial charge in [-0.3, -0.25) is 4.79 Å². The average Bonchev–Trinajstić information content (AvgIpc) is 3.33. The smallest absolute Gasteiger partial charge is 0.227 e. The van der Waals surface area contributed by atoms with Crippen LogP contribution >= 0.6 is 0 Å². The molecule has 0 spiro atoms. The topological polar surface area (TPSA) is 108 Å². The van der Waals surface area contributed by atoms with E-state index in [9.17, 15) is 10.1 Å². The van der Waals surface area contributed by atoms with E-state index in [-0.39, 0.29) is 5.91 Å². The summed E-state index contributed by atoms with van der Waals surface area (Å²) >= 11 is 0. The third-order valence-electron chi connectivity index (χ3n) is 6.47. The summed E-state index contributed by atoms with van der Waals surface area (Å²) in [6, 6.07) is 14.0. The van der Waals surface area contributed by atoms with Gasteiger partial charge in [-0.15, -0.1) is 0 Å². The van der Waals surface area contributed by atoms with E-state index < -0.39 is 0 Å². The molecular weight excluding hydrogens is 442 g/mol. The lowest BCUT2D eigenvalue weighted by molar-refractivity contribution is -0.129. The number of nitrogens with one attached hydrogen (secondary N) is 1. The Labute approximate surface area is 203 Å². The van der Waals surface area contributed by atoms with E-state index in [0.717, 1.165) is 42.7 Å². The monoisotopic (exact) mass is 467 g/mol. The fourth-order valence-electron chi connectivity index (χ4n) is 4.56. The lowest BCUT2D eigenvalue weighted by Gasteiger charge is -2.31. The SMILES string of the molecule is COc1cc(C2CCN(C(C)=O)CC2)ccc1Nc1ncc(C#N)c(-c2cnn3ccccc23)n1. The van der Waals surface area contributed by atoms with E-state index in [1.807, 2.05) is 41.4 Å². The standard InChI is InChI=1S/C26H25N7O2/c1-17(34)32-11-8-18(9-12-32)19-6-7-22(24(13-19)35-2)30-26-28-15-20(14-27)25(31-26)21-16-29-33-10-4-3-5-23(21)33/h3-7,10,13,15-16,18H,8-9,11-12H2,1-2H3,(H,28,30,31). The summed E-state index contributed by atoms with van der Waals surface area (Å²) < 4.78 is 7.41. The van der Waals surface area contributed by atoms with Gasteiger partial charge in [-0.05, 0) is 48.6 Å². The molecule has 1 fully saturated rings. The summed E-state index contributed by atoms with van der Waals surface area (Å²) in [4.78, 5) is 22.5. The number of hydrogen-bond acceptors (Lipinski definition) is 7. The second-order valence-corrected chi connectivity index (χ2v) is 8.52. The van der Waals surface area contributed by atoms with Crippen molar-refractivity contribution >= 4 is 23.1 Å². The van der Waals surface area contributed by atoms with Crippen LogP contribution in [0.2, 0.25) is 0 Å². The van der Waals surface area contributed by atoms with E-state index in [1.165, 1.54) is 11.8 Å². The Balaban J connectivity index is 1.42. The predicted octanol–water partition coefficient (Wildman–Crippen LogP) is 4.14. The van der Waals surface area contributed by atoms with Gasteiger partial charge >= 0.3 is 0 Å². The van der Waals surface area contributed by atoms with Crippen molar-refractivity contribution in [3.63, 3.8) is 0 Å². The summed E-state index contributed by atoms with van der Waals surface area (Å²) in [5, 5.41) is 17.2. The highest BCUT2D eigenvalue weighted by Gasteiger charge is 2.23. The maximum atomic E-state index is 11.6. The van der Waals surface area contributed by atoms with Crippen LogP contribution in [-0.2, 0) is 4.79 Å². The number of likely N-dealkylation sites (tertiary alicyclic amines) is 1. The van der Waals surface area contributed by atoms with E-state index in [1.54, 1.807) is 24.7 Å². The summed E-state index contributed by atoms with van der Waals surface area (Å²) in [5.41, 5.74) is 4.40. The van der Waals surface area contributed by atoms with E-state index in [2.05, 4.69) is 32.5 Å². The van der Waals surface area contributed by atoms with Gasteiger partial charge in [0, 0.05) is 31.8 Å². The lowest BCUT2D eigenvalue weighted by Crippen LogP contribution is -2.36. The number of amides is 1. The fourth-order valence-corrected chi connectivity index (χ4v) is 4.56. The van der Waals surface area contributed by atoms with Crippen LogP contribution in [0.4, 0.5) is 11.6 Å². The van der Waals surface area contributed by atoms with Gasteiger partial charge in [-0.25, -0.2) is 14.5 Å². The third kappa shape index (κ3) is 4.38. The molecule has 4 aromatic rings. The molecule has 9 nitrogen and oxygen atoms in total. The number of carbonyl (C=O) groups is 1. The molecule has 5 rings (SSSR count). The van der Waals surface area contributed by atoms with E-state index in [4.69, 9.17) is 4.74 Å². The highest BCUT2D eigenvalue weighted by Crippen LogP contribution is 2.35. The van der Waals surface area contributed by atoms with Gasteiger partial charge in [-0.2, -0.15) is 10.4 Å². The highest BCUT2D eigenvalue weighted by molar-refractivity contribution is 5.81. The number of fused-ring (bicyclic) bond motifs is 1. The van der Waals surface area contributed by atoms with Crippen molar-refractivity contribution in [2.75, 3.05) is 25.5 Å². The van der Waals surface area contributed by atoms with Crippen LogP contribution in [0.25, 0.3) is 16.8 Å². The van der Waals surface area contributed by atoms with Crippen LogP contribution in [0.1, 0.15) is 36.8 Å². The molecule has 0 saturated carbocycles. The number of aromatic nitrogens is 4.